The highest BCUT2D eigenvalue weighted by molar-refractivity contribution is 5.85. The lowest BCUT2D eigenvalue weighted by molar-refractivity contribution is 0.386. The Morgan fingerprint density at radius 3 is 2.47 bits per heavy atom. The second-order valence-electron chi connectivity index (χ2n) is 4.21. The molecule has 4 heteroatoms. The van der Waals surface area contributed by atoms with Crippen LogP contribution in [0.2, 0.25) is 0 Å². The van der Waals surface area contributed by atoms with Gasteiger partial charge in [0.1, 0.15) is 0 Å². The van der Waals surface area contributed by atoms with E-state index < -0.39 is 0 Å². The summed E-state index contributed by atoms with van der Waals surface area (Å²) in [6, 6.07) is 10.6. The highest BCUT2D eigenvalue weighted by Gasteiger charge is 2.11. The average molecular weight is 252 g/mol. The molecular formula is C13H18ClN3. The number of piperidine rings is 1. The molecule has 17 heavy (non-hydrogen) atoms. The van der Waals surface area contributed by atoms with Gasteiger partial charge in [0.2, 0.25) is 0 Å². The third-order valence-electron chi connectivity index (χ3n) is 3.02. The molecule has 1 fully saturated rings. The highest BCUT2D eigenvalue weighted by Crippen LogP contribution is 2.06. The van der Waals surface area contributed by atoms with Gasteiger partial charge >= 0.3 is 0 Å². The standard InChI is InChI=1S/C13H17N3.ClH/c14-9-11-1-3-12(4-2-11)10-16-13-5-7-15-8-6-13;/h1-4,13,15-16H,5-8,10H2;1H. The van der Waals surface area contributed by atoms with Crippen LogP contribution in [0.3, 0.4) is 0 Å². The molecule has 1 aromatic rings. The molecule has 3 nitrogen and oxygen atoms in total. The molecule has 0 radical (unpaired) electrons. The van der Waals surface area contributed by atoms with Gasteiger partial charge in [-0.25, -0.2) is 0 Å². The van der Waals surface area contributed by atoms with Crippen LogP contribution in [0.1, 0.15) is 24.0 Å². The number of nitrogens with zero attached hydrogens (tertiary/aromatic N) is 1. The molecule has 0 saturated carbocycles. The largest absolute Gasteiger partial charge is 0.317 e. The van der Waals surface area contributed by atoms with E-state index in [1.165, 1.54) is 18.4 Å². The maximum absolute atomic E-state index is 8.69. The van der Waals surface area contributed by atoms with Crippen LogP contribution >= 0.6 is 12.4 Å². The van der Waals surface area contributed by atoms with Crippen molar-refractivity contribution in [1.29, 1.82) is 5.26 Å². The maximum Gasteiger partial charge on any atom is 0.0991 e. The number of nitrogens with one attached hydrogen (secondary N) is 2. The molecule has 1 aromatic carbocycles. The summed E-state index contributed by atoms with van der Waals surface area (Å²) in [5.74, 6) is 0. The topological polar surface area (TPSA) is 47.9 Å². The number of hydrogen-bond acceptors (Lipinski definition) is 3. The van der Waals surface area contributed by atoms with E-state index in [0.29, 0.717) is 6.04 Å². The smallest absolute Gasteiger partial charge is 0.0991 e. The van der Waals surface area contributed by atoms with Crippen molar-refractivity contribution in [3.05, 3.63) is 35.4 Å². The van der Waals surface area contributed by atoms with Crippen molar-refractivity contribution in [3.8, 4) is 6.07 Å². The van der Waals surface area contributed by atoms with Crippen LogP contribution in [0, 0.1) is 11.3 Å². The van der Waals surface area contributed by atoms with Crippen LogP contribution in [0.15, 0.2) is 24.3 Å². The average Bonchev–Trinajstić information content (AvgIpc) is 2.38. The van der Waals surface area contributed by atoms with Gasteiger partial charge in [0.15, 0.2) is 0 Å². The molecular weight excluding hydrogens is 234 g/mol. The number of benzene rings is 1. The molecule has 2 rings (SSSR count). The summed E-state index contributed by atoms with van der Waals surface area (Å²) in [7, 11) is 0. The SMILES string of the molecule is Cl.N#Cc1ccc(CNC2CCNCC2)cc1. The molecule has 1 heterocycles. The van der Waals surface area contributed by atoms with Crippen LogP contribution in [0.4, 0.5) is 0 Å². The van der Waals surface area contributed by atoms with E-state index in [1.54, 1.807) is 0 Å². The van der Waals surface area contributed by atoms with E-state index in [4.69, 9.17) is 5.26 Å². The molecule has 0 bridgehead atoms. The first-order valence-electron chi connectivity index (χ1n) is 5.81. The van der Waals surface area contributed by atoms with Crippen LogP contribution in [0.5, 0.6) is 0 Å². The Labute approximate surface area is 109 Å². The maximum atomic E-state index is 8.69. The predicted octanol–water partition coefficient (Wildman–Crippen LogP) is 1.82. The first-order chi connectivity index (χ1) is 7.88. The fraction of sp³-hybridized carbons (Fsp3) is 0.462. The van der Waals surface area contributed by atoms with Crippen LogP contribution in [-0.2, 0) is 6.54 Å². The fourth-order valence-electron chi connectivity index (χ4n) is 1.99. The lowest BCUT2D eigenvalue weighted by Gasteiger charge is -2.23. The third-order valence-corrected chi connectivity index (χ3v) is 3.02. The second-order valence-corrected chi connectivity index (χ2v) is 4.21. The Kier molecular flexibility index (Phi) is 5.99. The van der Waals surface area contributed by atoms with Crippen LogP contribution in [0.25, 0.3) is 0 Å². The van der Waals surface area contributed by atoms with E-state index in [-0.39, 0.29) is 12.4 Å². The van der Waals surface area contributed by atoms with E-state index in [2.05, 4.69) is 16.7 Å². The predicted molar refractivity (Wildman–Crippen MR) is 71.1 cm³/mol. The van der Waals surface area contributed by atoms with Gasteiger partial charge < -0.3 is 10.6 Å². The molecule has 0 atom stereocenters. The van der Waals surface area contributed by atoms with Crippen molar-refractivity contribution in [2.24, 2.45) is 0 Å². The van der Waals surface area contributed by atoms with Gasteiger partial charge in [0.05, 0.1) is 11.6 Å². The Morgan fingerprint density at radius 1 is 1.24 bits per heavy atom. The highest BCUT2D eigenvalue weighted by atomic mass is 35.5. The minimum atomic E-state index is 0. The van der Waals surface area contributed by atoms with E-state index in [1.807, 2.05) is 24.3 Å². The summed E-state index contributed by atoms with van der Waals surface area (Å²) in [4.78, 5) is 0. The van der Waals surface area contributed by atoms with Gasteiger partial charge in [-0.15, -0.1) is 12.4 Å². The van der Waals surface area contributed by atoms with Gasteiger partial charge in [-0.1, -0.05) is 12.1 Å². The lowest BCUT2D eigenvalue weighted by atomic mass is 10.1. The quantitative estimate of drug-likeness (QED) is 0.862. The molecule has 0 amide bonds. The first kappa shape index (κ1) is 14.0. The Morgan fingerprint density at radius 2 is 1.88 bits per heavy atom. The number of rotatable bonds is 3. The Hall–Kier alpha value is -1.08. The van der Waals surface area contributed by atoms with E-state index >= 15 is 0 Å². The number of hydrogen-bond donors (Lipinski definition) is 2. The lowest BCUT2D eigenvalue weighted by Crippen LogP contribution is -2.39. The number of nitriles is 1. The molecule has 0 aliphatic carbocycles. The minimum absolute atomic E-state index is 0. The summed E-state index contributed by atoms with van der Waals surface area (Å²) in [5, 5.41) is 15.6. The second kappa shape index (κ2) is 7.29. The zero-order valence-electron chi connectivity index (χ0n) is 9.78. The summed E-state index contributed by atoms with van der Waals surface area (Å²) in [5.41, 5.74) is 1.98. The van der Waals surface area contributed by atoms with Crippen molar-refractivity contribution in [2.75, 3.05) is 13.1 Å². The van der Waals surface area contributed by atoms with E-state index in [0.717, 1.165) is 25.2 Å². The van der Waals surface area contributed by atoms with Gasteiger partial charge in [-0.2, -0.15) is 5.26 Å². The van der Waals surface area contributed by atoms with Gasteiger partial charge in [0.25, 0.3) is 0 Å². The van der Waals surface area contributed by atoms with Gasteiger partial charge in [0, 0.05) is 12.6 Å². The number of halogens is 1. The summed E-state index contributed by atoms with van der Waals surface area (Å²) in [6.45, 7) is 3.13. The van der Waals surface area contributed by atoms with Crippen LogP contribution < -0.4 is 10.6 Å². The molecule has 1 aliphatic heterocycles. The molecule has 0 spiro atoms. The molecule has 0 unspecified atom stereocenters. The van der Waals surface area contributed by atoms with E-state index in [9.17, 15) is 0 Å². The van der Waals surface area contributed by atoms with Crippen LogP contribution in [-0.4, -0.2) is 19.1 Å². The Balaban J connectivity index is 0.00000144. The van der Waals surface area contributed by atoms with Crippen molar-refractivity contribution in [1.82, 2.24) is 10.6 Å². The summed E-state index contributed by atoms with van der Waals surface area (Å²) >= 11 is 0. The van der Waals surface area contributed by atoms with Crippen molar-refractivity contribution < 1.29 is 0 Å². The van der Waals surface area contributed by atoms with Crippen molar-refractivity contribution in [2.45, 2.75) is 25.4 Å². The molecule has 1 saturated heterocycles. The molecule has 0 aromatic heterocycles. The van der Waals surface area contributed by atoms with Gasteiger partial charge in [-0.05, 0) is 43.6 Å². The molecule has 1 aliphatic rings. The van der Waals surface area contributed by atoms with Gasteiger partial charge in [-0.3, -0.25) is 0 Å². The minimum Gasteiger partial charge on any atom is -0.317 e. The summed E-state index contributed by atoms with van der Waals surface area (Å²) < 4.78 is 0. The monoisotopic (exact) mass is 251 g/mol. The summed E-state index contributed by atoms with van der Waals surface area (Å²) in [6.07, 6.45) is 2.41. The normalized spacial score (nSPS) is 15.9. The van der Waals surface area contributed by atoms with Crippen molar-refractivity contribution >= 4 is 12.4 Å². The molecule has 2 N–H and O–H groups in total. The molecule has 92 valence electrons. The fourth-order valence-corrected chi connectivity index (χ4v) is 1.99. The third kappa shape index (κ3) is 4.35. The zero-order chi connectivity index (χ0) is 11.2. The Bertz CT molecular complexity index is 363. The van der Waals surface area contributed by atoms with Crippen molar-refractivity contribution in [3.63, 3.8) is 0 Å². The zero-order valence-corrected chi connectivity index (χ0v) is 10.6. The first-order valence-corrected chi connectivity index (χ1v) is 5.81.